The minimum absolute atomic E-state index is 0.324. The quantitative estimate of drug-likeness (QED) is 0.573. The first-order chi connectivity index (χ1) is 11.1. The first kappa shape index (κ1) is 15.2. The van der Waals surface area contributed by atoms with Gasteiger partial charge in [-0.05, 0) is 31.0 Å². The average molecular weight is 324 g/mol. The zero-order valence-corrected chi connectivity index (χ0v) is 13.6. The van der Waals surface area contributed by atoms with E-state index in [4.69, 9.17) is 5.73 Å². The van der Waals surface area contributed by atoms with E-state index in [1.165, 1.54) is 11.3 Å². The third kappa shape index (κ3) is 3.07. The third-order valence-electron chi connectivity index (χ3n) is 3.41. The molecule has 2 heterocycles. The first-order valence-corrected chi connectivity index (χ1v) is 7.92. The number of nitrogens with zero attached hydrogens (tertiary/aromatic N) is 2. The number of hydrogen-bond acceptors (Lipinski definition) is 5. The molecular formula is C17H16N4OS. The number of anilines is 1. The van der Waals surface area contributed by atoms with Crippen molar-refractivity contribution in [3.63, 3.8) is 0 Å². The van der Waals surface area contributed by atoms with E-state index in [0.717, 1.165) is 27.0 Å². The lowest BCUT2D eigenvalue weighted by atomic mass is 10.1. The van der Waals surface area contributed by atoms with Crippen LogP contribution in [0.2, 0.25) is 0 Å². The topological polar surface area (TPSA) is 80.4 Å². The van der Waals surface area contributed by atoms with Crippen LogP contribution < -0.4 is 11.2 Å². The number of rotatable bonds is 3. The summed E-state index contributed by atoms with van der Waals surface area (Å²) in [5.41, 5.74) is 11.9. The summed E-state index contributed by atoms with van der Waals surface area (Å²) in [4.78, 5) is 18.0. The molecule has 0 bridgehead atoms. The van der Waals surface area contributed by atoms with Crippen LogP contribution in [0.5, 0.6) is 0 Å². The molecule has 5 nitrogen and oxygen atoms in total. The van der Waals surface area contributed by atoms with E-state index < -0.39 is 0 Å². The molecule has 0 aliphatic heterocycles. The van der Waals surface area contributed by atoms with Crippen molar-refractivity contribution in [3.05, 3.63) is 58.1 Å². The minimum atomic E-state index is -0.324. The molecule has 3 N–H and O–H groups in total. The normalized spacial score (nSPS) is 11.2. The van der Waals surface area contributed by atoms with Gasteiger partial charge in [0.05, 0.1) is 11.9 Å². The van der Waals surface area contributed by atoms with Crippen molar-refractivity contribution < 1.29 is 4.79 Å². The monoisotopic (exact) mass is 324 g/mol. The standard InChI is InChI=1S/C17H16N4OS/c1-10-8-11(2)20-17-13(10)14(18)15(23-17)16(22)21-19-9-12-6-4-3-5-7-12/h3-9H,18H2,1-2H3,(H,21,22)/b19-9-. The zero-order valence-electron chi connectivity index (χ0n) is 12.8. The molecule has 3 rings (SSSR count). The summed E-state index contributed by atoms with van der Waals surface area (Å²) in [6.07, 6.45) is 1.59. The SMILES string of the molecule is Cc1cc(C)c2c(N)c(C(=O)N/N=C\c3ccccc3)sc2n1. The summed E-state index contributed by atoms with van der Waals surface area (Å²) in [6.45, 7) is 3.89. The summed E-state index contributed by atoms with van der Waals surface area (Å²) in [5.74, 6) is -0.324. The van der Waals surface area contributed by atoms with E-state index in [-0.39, 0.29) is 5.91 Å². The maximum atomic E-state index is 12.3. The molecule has 0 saturated heterocycles. The maximum absolute atomic E-state index is 12.3. The Bertz CT molecular complexity index is 900. The Kier molecular flexibility index (Phi) is 4.08. The van der Waals surface area contributed by atoms with E-state index in [0.29, 0.717) is 10.6 Å². The summed E-state index contributed by atoms with van der Waals surface area (Å²) in [6, 6.07) is 11.5. The number of fused-ring (bicyclic) bond motifs is 1. The van der Waals surface area contributed by atoms with Crippen LogP contribution >= 0.6 is 11.3 Å². The second-order valence-corrected chi connectivity index (χ2v) is 6.21. The lowest BCUT2D eigenvalue weighted by Gasteiger charge is -2.00. The fourth-order valence-electron chi connectivity index (χ4n) is 2.39. The van der Waals surface area contributed by atoms with Crippen LogP contribution in [0, 0.1) is 13.8 Å². The predicted molar refractivity (Wildman–Crippen MR) is 95.0 cm³/mol. The zero-order chi connectivity index (χ0) is 16.4. The van der Waals surface area contributed by atoms with E-state index >= 15 is 0 Å². The van der Waals surface area contributed by atoms with Crippen molar-refractivity contribution in [2.75, 3.05) is 5.73 Å². The van der Waals surface area contributed by atoms with E-state index in [1.807, 2.05) is 50.2 Å². The molecule has 0 saturated carbocycles. The summed E-state index contributed by atoms with van der Waals surface area (Å²) < 4.78 is 0. The van der Waals surface area contributed by atoms with Crippen LogP contribution in [-0.2, 0) is 0 Å². The molecule has 116 valence electrons. The second kappa shape index (κ2) is 6.18. The largest absolute Gasteiger partial charge is 0.397 e. The number of aryl methyl sites for hydroxylation is 2. The third-order valence-corrected chi connectivity index (χ3v) is 4.51. The van der Waals surface area contributed by atoms with Gasteiger partial charge in [-0.1, -0.05) is 30.3 Å². The van der Waals surface area contributed by atoms with Crippen LogP contribution in [0.1, 0.15) is 26.5 Å². The van der Waals surface area contributed by atoms with Crippen LogP contribution in [0.15, 0.2) is 41.5 Å². The van der Waals surface area contributed by atoms with Crippen LogP contribution in [0.25, 0.3) is 10.2 Å². The van der Waals surface area contributed by atoms with Gasteiger partial charge < -0.3 is 5.73 Å². The molecule has 0 aliphatic carbocycles. The number of nitrogen functional groups attached to an aromatic ring is 1. The number of aromatic nitrogens is 1. The fourth-order valence-corrected chi connectivity index (χ4v) is 3.50. The molecule has 3 aromatic rings. The summed E-state index contributed by atoms with van der Waals surface area (Å²) in [5, 5.41) is 4.82. The molecule has 0 unspecified atom stereocenters. The van der Waals surface area contributed by atoms with Gasteiger partial charge in [-0.15, -0.1) is 11.3 Å². The Morgan fingerprint density at radius 2 is 2.04 bits per heavy atom. The second-order valence-electron chi connectivity index (χ2n) is 5.22. The molecule has 0 atom stereocenters. The Morgan fingerprint density at radius 3 is 2.78 bits per heavy atom. The highest BCUT2D eigenvalue weighted by Crippen LogP contribution is 2.34. The molecule has 2 aromatic heterocycles. The van der Waals surface area contributed by atoms with Crippen molar-refractivity contribution >= 4 is 39.4 Å². The Labute approximate surface area is 137 Å². The van der Waals surface area contributed by atoms with Gasteiger partial charge in [-0.2, -0.15) is 5.10 Å². The van der Waals surface area contributed by atoms with Gasteiger partial charge in [0.15, 0.2) is 0 Å². The van der Waals surface area contributed by atoms with Crippen molar-refractivity contribution in [1.29, 1.82) is 0 Å². The Hall–Kier alpha value is -2.73. The highest BCUT2D eigenvalue weighted by atomic mass is 32.1. The molecule has 0 radical (unpaired) electrons. The van der Waals surface area contributed by atoms with E-state index in [1.54, 1.807) is 6.21 Å². The van der Waals surface area contributed by atoms with Crippen LogP contribution in [0.4, 0.5) is 5.69 Å². The van der Waals surface area contributed by atoms with E-state index in [9.17, 15) is 4.79 Å². The predicted octanol–water partition coefficient (Wildman–Crippen LogP) is 3.26. The Balaban J connectivity index is 1.85. The van der Waals surface area contributed by atoms with E-state index in [2.05, 4.69) is 15.5 Å². The number of carbonyl (C=O) groups excluding carboxylic acids is 1. The minimum Gasteiger partial charge on any atom is -0.397 e. The first-order valence-electron chi connectivity index (χ1n) is 7.11. The van der Waals surface area contributed by atoms with Gasteiger partial charge in [0, 0.05) is 11.1 Å². The number of carbonyl (C=O) groups is 1. The number of hydrazone groups is 1. The van der Waals surface area contributed by atoms with Gasteiger partial charge >= 0.3 is 0 Å². The summed E-state index contributed by atoms with van der Waals surface area (Å²) in [7, 11) is 0. The molecule has 1 aromatic carbocycles. The maximum Gasteiger partial charge on any atom is 0.283 e. The molecule has 0 aliphatic rings. The molecule has 23 heavy (non-hydrogen) atoms. The number of nitrogens with two attached hydrogens (primary N) is 1. The molecule has 1 amide bonds. The lowest BCUT2D eigenvalue weighted by molar-refractivity contribution is 0.0960. The van der Waals surface area contributed by atoms with Crippen molar-refractivity contribution in [2.24, 2.45) is 5.10 Å². The van der Waals surface area contributed by atoms with Crippen LogP contribution in [-0.4, -0.2) is 17.1 Å². The lowest BCUT2D eigenvalue weighted by Crippen LogP contribution is -2.17. The average Bonchev–Trinajstić information content (AvgIpc) is 2.85. The highest BCUT2D eigenvalue weighted by Gasteiger charge is 2.18. The molecule has 6 heteroatoms. The van der Waals surface area contributed by atoms with Gasteiger partial charge in [0.25, 0.3) is 5.91 Å². The van der Waals surface area contributed by atoms with Crippen molar-refractivity contribution in [2.45, 2.75) is 13.8 Å². The smallest absolute Gasteiger partial charge is 0.283 e. The number of hydrogen-bond donors (Lipinski definition) is 2. The van der Waals surface area contributed by atoms with Gasteiger partial charge in [-0.25, -0.2) is 10.4 Å². The van der Waals surface area contributed by atoms with Gasteiger partial charge in [0.2, 0.25) is 0 Å². The van der Waals surface area contributed by atoms with Crippen molar-refractivity contribution in [1.82, 2.24) is 10.4 Å². The number of thiophene rings is 1. The molecule has 0 fully saturated rings. The summed E-state index contributed by atoms with van der Waals surface area (Å²) >= 11 is 1.28. The van der Waals surface area contributed by atoms with Crippen molar-refractivity contribution in [3.8, 4) is 0 Å². The molecular weight excluding hydrogens is 308 g/mol. The number of nitrogens with one attached hydrogen (secondary N) is 1. The number of amides is 1. The van der Waals surface area contributed by atoms with Gasteiger partial charge in [0.1, 0.15) is 9.71 Å². The fraction of sp³-hybridized carbons (Fsp3) is 0.118. The highest BCUT2D eigenvalue weighted by molar-refractivity contribution is 7.21. The van der Waals surface area contributed by atoms with Gasteiger partial charge in [-0.3, -0.25) is 4.79 Å². The number of pyridine rings is 1. The Morgan fingerprint density at radius 1 is 1.30 bits per heavy atom. The number of benzene rings is 1. The van der Waals surface area contributed by atoms with Crippen LogP contribution in [0.3, 0.4) is 0 Å². The molecule has 0 spiro atoms.